The van der Waals surface area contributed by atoms with Gasteiger partial charge in [0.15, 0.2) is 5.79 Å². The second-order valence-corrected chi connectivity index (χ2v) is 5.77. The standard InChI is InChI=1S/C14H16BrNO3/c15-12-5-2-1-4-11(12)13(17)16-7-3-6-14(10-16)18-8-9-19-14/h1-2,4-5H,3,6-10H2. The predicted molar refractivity (Wildman–Crippen MR) is 73.9 cm³/mol. The Morgan fingerprint density at radius 3 is 2.74 bits per heavy atom. The zero-order valence-electron chi connectivity index (χ0n) is 10.6. The lowest BCUT2D eigenvalue weighted by Crippen LogP contribution is -2.51. The number of rotatable bonds is 1. The maximum absolute atomic E-state index is 12.5. The average molecular weight is 326 g/mol. The molecule has 0 radical (unpaired) electrons. The Morgan fingerprint density at radius 1 is 1.26 bits per heavy atom. The molecule has 2 saturated heterocycles. The van der Waals surface area contributed by atoms with Crippen LogP contribution in [0.25, 0.3) is 0 Å². The number of likely N-dealkylation sites (tertiary alicyclic amines) is 1. The fraction of sp³-hybridized carbons (Fsp3) is 0.500. The first-order chi connectivity index (χ1) is 9.20. The van der Waals surface area contributed by atoms with E-state index < -0.39 is 5.79 Å². The zero-order chi connectivity index (χ0) is 13.3. The van der Waals surface area contributed by atoms with Gasteiger partial charge in [0.1, 0.15) is 0 Å². The number of benzene rings is 1. The van der Waals surface area contributed by atoms with E-state index in [9.17, 15) is 4.79 Å². The van der Waals surface area contributed by atoms with Crippen LogP contribution in [0, 0.1) is 0 Å². The molecule has 0 saturated carbocycles. The molecule has 2 fully saturated rings. The van der Waals surface area contributed by atoms with Crippen LogP contribution in [0.3, 0.4) is 0 Å². The summed E-state index contributed by atoms with van der Waals surface area (Å²) in [6.07, 6.45) is 1.78. The molecule has 0 atom stereocenters. The van der Waals surface area contributed by atoms with E-state index in [0.29, 0.717) is 25.3 Å². The van der Waals surface area contributed by atoms with Gasteiger partial charge in [0.05, 0.1) is 25.3 Å². The van der Waals surface area contributed by atoms with Crippen molar-refractivity contribution in [3.63, 3.8) is 0 Å². The largest absolute Gasteiger partial charge is 0.346 e. The molecule has 1 spiro atoms. The summed E-state index contributed by atoms with van der Waals surface area (Å²) in [4.78, 5) is 14.4. The highest BCUT2D eigenvalue weighted by Crippen LogP contribution is 2.31. The quantitative estimate of drug-likeness (QED) is 0.796. The van der Waals surface area contributed by atoms with Crippen molar-refractivity contribution in [2.75, 3.05) is 26.3 Å². The fourth-order valence-electron chi connectivity index (χ4n) is 2.70. The monoisotopic (exact) mass is 325 g/mol. The molecule has 1 amide bonds. The van der Waals surface area contributed by atoms with Gasteiger partial charge in [-0.05, 0) is 34.5 Å². The molecule has 2 aliphatic rings. The average Bonchev–Trinajstić information content (AvgIpc) is 2.86. The summed E-state index contributed by atoms with van der Waals surface area (Å²) >= 11 is 3.43. The normalized spacial score (nSPS) is 21.8. The molecule has 3 rings (SSSR count). The molecule has 1 aromatic rings. The van der Waals surface area contributed by atoms with Crippen molar-refractivity contribution >= 4 is 21.8 Å². The SMILES string of the molecule is O=C(c1ccccc1Br)N1CCCC2(C1)OCCO2. The molecule has 2 heterocycles. The minimum absolute atomic E-state index is 0.0330. The van der Waals surface area contributed by atoms with E-state index in [1.165, 1.54) is 0 Å². The van der Waals surface area contributed by atoms with Gasteiger partial charge in [-0.3, -0.25) is 4.79 Å². The second-order valence-electron chi connectivity index (χ2n) is 4.92. The Kier molecular flexibility index (Phi) is 3.60. The van der Waals surface area contributed by atoms with Crippen LogP contribution in [0.5, 0.6) is 0 Å². The lowest BCUT2D eigenvalue weighted by atomic mass is 10.0. The first-order valence-electron chi connectivity index (χ1n) is 6.52. The number of nitrogens with zero attached hydrogens (tertiary/aromatic N) is 1. The van der Waals surface area contributed by atoms with Gasteiger partial charge in [0.25, 0.3) is 5.91 Å². The van der Waals surface area contributed by atoms with Gasteiger partial charge in [0.2, 0.25) is 0 Å². The molecule has 4 nitrogen and oxygen atoms in total. The molecule has 1 aromatic carbocycles. The van der Waals surface area contributed by atoms with Gasteiger partial charge in [-0.1, -0.05) is 12.1 Å². The highest BCUT2D eigenvalue weighted by atomic mass is 79.9. The summed E-state index contributed by atoms with van der Waals surface area (Å²) in [5.74, 6) is -0.527. The maximum Gasteiger partial charge on any atom is 0.255 e. The van der Waals surface area contributed by atoms with Gasteiger partial charge in [0, 0.05) is 17.4 Å². The molecule has 0 aliphatic carbocycles. The van der Waals surface area contributed by atoms with E-state index in [-0.39, 0.29) is 5.91 Å². The third-order valence-corrected chi connectivity index (χ3v) is 4.31. The number of ether oxygens (including phenoxy) is 2. The van der Waals surface area contributed by atoms with Gasteiger partial charge in [-0.2, -0.15) is 0 Å². The molecule has 0 aromatic heterocycles. The minimum atomic E-state index is -0.560. The molecule has 102 valence electrons. The molecule has 19 heavy (non-hydrogen) atoms. The highest BCUT2D eigenvalue weighted by Gasteiger charge is 2.42. The van der Waals surface area contributed by atoms with Crippen LogP contribution in [0.1, 0.15) is 23.2 Å². The van der Waals surface area contributed by atoms with Crippen molar-refractivity contribution in [3.8, 4) is 0 Å². The fourth-order valence-corrected chi connectivity index (χ4v) is 3.15. The van der Waals surface area contributed by atoms with Crippen LogP contribution in [0.4, 0.5) is 0 Å². The van der Waals surface area contributed by atoms with Crippen LogP contribution < -0.4 is 0 Å². The summed E-state index contributed by atoms with van der Waals surface area (Å²) in [7, 11) is 0. The number of hydrogen-bond acceptors (Lipinski definition) is 3. The van der Waals surface area contributed by atoms with Crippen LogP contribution in [0.2, 0.25) is 0 Å². The maximum atomic E-state index is 12.5. The third-order valence-electron chi connectivity index (χ3n) is 3.62. The van der Waals surface area contributed by atoms with E-state index >= 15 is 0 Å². The van der Waals surface area contributed by atoms with E-state index in [1.54, 1.807) is 0 Å². The number of carbonyl (C=O) groups is 1. The Bertz CT molecular complexity index is 485. The van der Waals surface area contributed by atoms with Gasteiger partial charge < -0.3 is 14.4 Å². The topological polar surface area (TPSA) is 38.8 Å². The van der Waals surface area contributed by atoms with Crippen molar-refractivity contribution in [2.45, 2.75) is 18.6 Å². The highest BCUT2D eigenvalue weighted by molar-refractivity contribution is 9.10. The Labute approximate surface area is 120 Å². The first-order valence-corrected chi connectivity index (χ1v) is 7.31. The molecule has 5 heteroatoms. The Balaban J connectivity index is 1.78. The summed E-state index contributed by atoms with van der Waals surface area (Å²) in [5.41, 5.74) is 0.692. The number of amides is 1. The molecule has 0 N–H and O–H groups in total. The molecule has 2 aliphatic heterocycles. The molecular formula is C14H16BrNO3. The zero-order valence-corrected chi connectivity index (χ0v) is 12.2. The van der Waals surface area contributed by atoms with Crippen molar-refractivity contribution in [2.24, 2.45) is 0 Å². The number of piperidine rings is 1. The van der Waals surface area contributed by atoms with Gasteiger partial charge >= 0.3 is 0 Å². The number of carbonyl (C=O) groups excluding carboxylic acids is 1. The third kappa shape index (κ3) is 2.55. The summed E-state index contributed by atoms with van der Waals surface area (Å²) in [5, 5.41) is 0. The van der Waals surface area contributed by atoms with Gasteiger partial charge in [-0.15, -0.1) is 0 Å². The molecule has 0 unspecified atom stereocenters. The minimum Gasteiger partial charge on any atom is -0.346 e. The van der Waals surface area contributed by atoms with E-state index in [4.69, 9.17) is 9.47 Å². The Morgan fingerprint density at radius 2 is 2.00 bits per heavy atom. The first kappa shape index (κ1) is 13.1. The lowest BCUT2D eigenvalue weighted by Gasteiger charge is -2.38. The van der Waals surface area contributed by atoms with E-state index in [0.717, 1.165) is 23.9 Å². The van der Waals surface area contributed by atoms with Crippen LogP contribution >= 0.6 is 15.9 Å². The second kappa shape index (κ2) is 5.23. The summed E-state index contributed by atoms with van der Waals surface area (Å²) < 4.78 is 12.2. The van der Waals surface area contributed by atoms with Crippen LogP contribution in [-0.4, -0.2) is 42.9 Å². The Hall–Kier alpha value is -0.910. The van der Waals surface area contributed by atoms with Crippen LogP contribution in [0.15, 0.2) is 28.7 Å². The number of halogens is 1. The van der Waals surface area contributed by atoms with E-state index in [2.05, 4.69) is 15.9 Å². The van der Waals surface area contributed by atoms with Crippen molar-refractivity contribution in [1.82, 2.24) is 4.90 Å². The van der Waals surface area contributed by atoms with Crippen molar-refractivity contribution in [3.05, 3.63) is 34.3 Å². The molecule has 0 bridgehead atoms. The number of hydrogen-bond donors (Lipinski definition) is 0. The van der Waals surface area contributed by atoms with Crippen LogP contribution in [-0.2, 0) is 9.47 Å². The summed E-state index contributed by atoms with van der Waals surface area (Å²) in [6.45, 7) is 2.52. The van der Waals surface area contributed by atoms with Gasteiger partial charge in [-0.25, -0.2) is 0 Å². The van der Waals surface area contributed by atoms with Crippen molar-refractivity contribution in [1.29, 1.82) is 0 Å². The lowest BCUT2D eigenvalue weighted by molar-refractivity contribution is -0.183. The predicted octanol–water partition coefficient (Wildman–Crippen LogP) is 2.43. The summed E-state index contributed by atoms with van der Waals surface area (Å²) in [6, 6.07) is 7.50. The van der Waals surface area contributed by atoms with E-state index in [1.807, 2.05) is 29.2 Å². The smallest absolute Gasteiger partial charge is 0.255 e. The van der Waals surface area contributed by atoms with Crippen molar-refractivity contribution < 1.29 is 14.3 Å². The molecular weight excluding hydrogens is 310 g/mol.